The number of amidine groups is 1. The lowest BCUT2D eigenvalue weighted by Gasteiger charge is -2.44. The summed E-state index contributed by atoms with van der Waals surface area (Å²) < 4.78 is 5.67. The van der Waals surface area contributed by atoms with E-state index in [9.17, 15) is 9.59 Å². The molecule has 0 aliphatic carbocycles. The Kier molecular flexibility index (Phi) is 6.47. The highest BCUT2D eigenvalue weighted by molar-refractivity contribution is 6.19. The van der Waals surface area contributed by atoms with Gasteiger partial charge in [-0.25, -0.2) is 0 Å². The van der Waals surface area contributed by atoms with E-state index in [1.54, 1.807) is 4.90 Å². The third-order valence-electron chi connectivity index (χ3n) is 7.12. The van der Waals surface area contributed by atoms with E-state index in [1.807, 2.05) is 44.2 Å². The zero-order chi connectivity index (χ0) is 23.6. The molecule has 1 aromatic carbocycles. The van der Waals surface area contributed by atoms with Gasteiger partial charge in [0.05, 0.1) is 11.0 Å². The van der Waals surface area contributed by atoms with Crippen LogP contribution in [0, 0.1) is 10.8 Å². The van der Waals surface area contributed by atoms with Gasteiger partial charge in [0.2, 0.25) is 0 Å². The lowest BCUT2D eigenvalue weighted by Crippen LogP contribution is -2.53. The summed E-state index contributed by atoms with van der Waals surface area (Å²) in [5, 5.41) is 10.9. The maximum absolute atomic E-state index is 13.1. The Morgan fingerprint density at radius 3 is 2.52 bits per heavy atom. The Balaban J connectivity index is 1.36. The molecule has 1 unspecified atom stereocenters. The molecule has 0 bridgehead atoms. The van der Waals surface area contributed by atoms with Gasteiger partial charge in [0, 0.05) is 44.0 Å². The number of carbonyl (C=O) groups excluding carboxylic acids is 2. The molecule has 3 heterocycles. The van der Waals surface area contributed by atoms with Crippen LogP contribution >= 0.6 is 0 Å². The Labute approximate surface area is 195 Å². The van der Waals surface area contributed by atoms with E-state index in [-0.39, 0.29) is 34.3 Å². The summed E-state index contributed by atoms with van der Waals surface area (Å²) in [6, 6.07) is 9.82. The largest absolute Gasteiger partial charge is 0.459 e. The van der Waals surface area contributed by atoms with Crippen molar-refractivity contribution in [3.8, 4) is 0 Å². The van der Waals surface area contributed by atoms with Crippen LogP contribution in [0.15, 0.2) is 42.1 Å². The number of piperidine rings is 2. The molecule has 4 rings (SSSR count). The number of para-hydroxylation sites is 1. The first-order valence-corrected chi connectivity index (χ1v) is 11.8. The molecule has 4 N–H and O–H groups in total. The van der Waals surface area contributed by atoms with E-state index in [1.165, 1.54) is 6.20 Å². The Hall–Kier alpha value is -2.87. The first-order chi connectivity index (χ1) is 15.7. The van der Waals surface area contributed by atoms with Crippen LogP contribution in [0.1, 0.15) is 46.0 Å². The molecule has 3 aliphatic rings. The molecular formula is C25H35N5O3. The number of hydrogen-bond acceptors (Lipinski definition) is 6. The van der Waals surface area contributed by atoms with Crippen LogP contribution in [0.5, 0.6) is 0 Å². The average molecular weight is 454 g/mol. The number of carbonyl (C=O) groups is 2. The number of ether oxygens (including phenoxy) is 1. The van der Waals surface area contributed by atoms with Crippen molar-refractivity contribution >= 4 is 23.4 Å². The zero-order valence-corrected chi connectivity index (χ0v) is 19.6. The summed E-state index contributed by atoms with van der Waals surface area (Å²) >= 11 is 0. The van der Waals surface area contributed by atoms with Crippen LogP contribution in [0.4, 0.5) is 5.69 Å². The molecule has 3 saturated heterocycles. The molecule has 33 heavy (non-hydrogen) atoms. The number of anilines is 1. The Morgan fingerprint density at radius 1 is 1.21 bits per heavy atom. The van der Waals surface area contributed by atoms with Crippen molar-refractivity contribution in [2.45, 2.75) is 57.6 Å². The highest BCUT2D eigenvalue weighted by atomic mass is 16.6. The molecule has 1 spiro atoms. The predicted molar refractivity (Wildman–Crippen MR) is 128 cm³/mol. The van der Waals surface area contributed by atoms with Gasteiger partial charge in [-0.3, -0.25) is 19.9 Å². The van der Waals surface area contributed by atoms with Crippen molar-refractivity contribution < 1.29 is 14.3 Å². The minimum absolute atomic E-state index is 0.0491. The lowest BCUT2D eigenvalue weighted by molar-refractivity contribution is -0.154. The quantitative estimate of drug-likeness (QED) is 0.274. The van der Waals surface area contributed by atoms with E-state index < -0.39 is 0 Å². The number of amides is 1. The number of nitrogens with zero attached hydrogens (tertiary/aromatic N) is 2. The number of benzene rings is 1. The van der Waals surface area contributed by atoms with Crippen molar-refractivity contribution in [1.82, 2.24) is 9.80 Å². The minimum atomic E-state index is -0.390. The summed E-state index contributed by atoms with van der Waals surface area (Å²) in [4.78, 5) is 30.0. The molecule has 0 radical (unpaired) electrons. The maximum atomic E-state index is 13.1. The molecule has 1 aromatic rings. The molecule has 8 nitrogen and oxygen atoms in total. The van der Waals surface area contributed by atoms with Gasteiger partial charge in [-0.15, -0.1) is 0 Å². The second-order valence-corrected chi connectivity index (χ2v) is 10.2. The number of nitrogens with two attached hydrogens (primary N) is 1. The van der Waals surface area contributed by atoms with Crippen LogP contribution in [0.25, 0.3) is 0 Å². The summed E-state index contributed by atoms with van der Waals surface area (Å²) in [5.74, 6) is -0.515. The molecule has 1 atom stereocenters. The van der Waals surface area contributed by atoms with Gasteiger partial charge < -0.3 is 20.7 Å². The van der Waals surface area contributed by atoms with Gasteiger partial charge >= 0.3 is 5.97 Å². The highest BCUT2D eigenvalue weighted by Gasteiger charge is 2.54. The predicted octanol–water partition coefficient (Wildman–Crippen LogP) is 2.72. The number of cyclic esters (lactones) is 1. The monoisotopic (exact) mass is 453 g/mol. The fourth-order valence-electron chi connectivity index (χ4n) is 5.62. The molecule has 3 fully saturated rings. The van der Waals surface area contributed by atoms with Crippen LogP contribution in [-0.2, 0) is 14.3 Å². The van der Waals surface area contributed by atoms with Crippen molar-refractivity contribution in [2.24, 2.45) is 11.1 Å². The summed E-state index contributed by atoms with van der Waals surface area (Å²) in [5.41, 5.74) is 5.95. The van der Waals surface area contributed by atoms with Crippen molar-refractivity contribution in [3.05, 3.63) is 42.1 Å². The van der Waals surface area contributed by atoms with Crippen molar-refractivity contribution in [2.75, 3.05) is 31.5 Å². The smallest absolute Gasteiger partial charge is 0.314 e. The molecule has 0 aromatic heterocycles. The summed E-state index contributed by atoms with van der Waals surface area (Å²) in [7, 11) is 0. The zero-order valence-electron chi connectivity index (χ0n) is 19.6. The molecule has 0 saturated carbocycles. The van der Waals surface area contributed by atoms with Crippen LogP contribution < -0.4 is 11.1 Å². The van der Waals surface area contributed by atoms with E-state index in [2.05, 4.69) is 10.2 Å². The first-order valence-electron chi connectivity index (χ1n) is 11.8. The molecule has 3 aliphatic heterocycles. The number of esters is 1. The van der Waals surface area contributed by atoms with Gasteiger partial charge in [0.15, 0.2) is 0 Å². The van der Waals surface area contributed by atoms with Crippen LogP contribution in [0.2, 0.25) is 0 Å². The molecule has 8 heteroatoms. The van der Waals surface area contributed by atoms with Gasteiger partial charge in [-0.1, -0.05) is 18.2 Å². The van der Waals surface area contributed by atoms with Gasteiger partial charge in [-0.2, -0.15) is 0 Å². The minimum Gasteiger partial charge on any atom is -0.459 e. The van der Waals surface area contributed by atoms with Crippen LogP contribution in [-0.4, -0.2) is 65.3 Å². The third-order valence-corrected chi connectivity index (χ3v) is 7.12. The third kappa shape index (κ3) is 5.05. The second kappa shape index (κ2) is 9.17. The fraction of sp³-hybridized carbons (Fsp3) is 0.560. The first kappa shape index (κ1) is 23.3. The Bertz CT molecular complexity index is 937. The molecule has 1 amide bonds. The van der Waals surface area contributed by atoms with Crippen LogP contribution in [0.3, 0.4) is 0 Å². The van der Waals surface area contributed by atoms with Crippen molar-refractivity contribution in [3.63, 3.8) is 0 Å². The average Bonchev–Trinajstić information content (AvgIpc) is 3.01. The maximum Gasteiger partial charge on any atom is 0.314 e. The summed E-state index contributed by atoms with van der Waals surface area (Å²) in [6.45, 7) is 6.93. The standard InChI is InChI=1S/C25H35N5O3/c1-24(2)16-25(23(32)33-24)11-6-12-30(17-25)19-9-13-29(14-10-19)22(31)20(21(26)27)15-28-18-7-4-3-5-8-18/h3-5,7-8,15,19,28H,6,9-14,16-17H2,1-2H3,(H3,26,27)/b20-15+. The normalized spacial score (nSPS) is 26.3. The van der Waals surface area contributed by atoms with E-state index >= 15 is 0 Å². The fourth-order valence-corrected chi connectivity index (χ4v) is 5.62. The van der Waals surface area contributed by atoms with Crippen molar-refractivity contribution in [1.29, 1.82) is 5.41 Å². The number of hydrogen-bond donors (Lipinski definition) is 3. The van der Waals surface area contributed by atoms with Gasteiger partial charge in [0.1, 0.15) is 11.4 Å². The number of nitrogens with one attached hydrogen (secondary N) is 2. The van der Waals surface area contributed by atoms with E-state index in [4.69, 9.17) is 15.9 Å². The summed E-state index contributed by atoms with van der Waals surface area (Å²) in [6.07, 6.45) is 5.87. The number of rotatable bonds is 5. The number of likely N-dealkylation sites (tertiary alicyclic amines) is 2. The van der Waals surface area contributed by atoms with Gasteiger partial charge in [0.25, 0.3) is 5.91 Å². The SMILES string of the molecule is CC1(C)CC2(CCCN(C3CCN(C(=O)/C(=C/Nc4ccccc4)C(=N)N)CC3)C2)C(=O)O1. The van der Waals surface area contributed by atoms with E-state index in [0.29, 0.717) is 19.1 Å². The highest BCUT2D eigenvalue weighted by Crippen LogP contribution is 2.46. The van der Waals surface area contributed by atoms with Gasteiger partial charge in [-0.05, 0) is 58.2 Å². The Morgan fingerprint density at radius 2 is 1.91 bits per heavy atom. The van der Waals surface area contributed by atoms with E-state index in [0.717, 1.165) is 50.9 Å². The topological polar surface area (TPSA) is 112 Å². The lowest BCUT2D eigenvalue weighted by atomic mass is 9.74. The molecular weight excluding hydrogens is 418 g/mol. The molecule has 178 valence electrons. The second-order valence-electron chi connectivity index (χ2n) is 10.2.